The van der Waals surface area contributed by atoms with Crippen LogP contribution in [0.5, 0.6) is 11.5 Å². The van der Waals surface area contributed by atoms with Crippen molar-refractivity contribution in [3.63, 3.8) is 0 Å². The number of benzene rings is 1. The Kier molecular flexibility index (Phi) is 9.14. The minimum absolute atomic E-state index is 0.0747. The third-order valence-corrected chi connectivity index (χ3v) is 4.72. The summed E-state index contributed by atoms with van der Waals surface area (Å²) in [6.07, 6.45) is 3.78. The second kappa shape index (κ2) is 11.9. The van der Waals surface area contributed by atoms with Gasteiger partial charge in [0.1, 0.15) is 6.61 Å². The van der Waals surface area contributed by atoms with Crippen molar-refractivity contribution in [2.45, 2.75) is 19.6 Å². The van der Waals surface area contributed by atoms with Gasteiger partial charge < -0.3 is 19.5 Å². The van der Waals surface area contributed by atoms with Crippen molar-refractivity contribution in [1.29, 1.82) is 0 Å². The number of amides is 1. The average molecular weight is 404 g/mol. The van der Waals surface area contributed by atoms with Crippen molar-refractivity contribution in [3.8, 4) is 11.5 Å². The van der Waals surface area contributed by atoms with Gasteiger partial charge in [0, 0.05) is 31.1 Å². The van der Waals surface area contributed by atoms with E-state index in [1.165, 1.54) is 18.9 Å². The number of thioether (sulfide) groups is 1. The maximum absolute atomic E-state index is 11.9. The number of methoxy groups -OCH3 is 2. The number of rotatable bonds is 11. The molecule has 0 saturated heterocycles. The molecule has 1 amide bonds. The normalized spacial score (nSPS) is 10.2. The molecule has 0 radical (unpaired) electrons. The highest BCUT2D eigenvalue weighted by Gasteiger charge is 2.08. The van der Waals surface area contributed by atoms with Crippen LogP contribution in [0.15, 0.2) is 42.7 Å². The van der Waals surface area contributed by atoms with Gasteiger partial charge in [-0.25, -0.2) is 0 Å². The van der Waals surface area contributed by atoms with Crippen molar-refractivity contribution >= 4 is 23.6 Å². The van der Waals surface area contributed by atoms with E-state index in [2.05, 4.69) is 15.0 Å². The van der Waals surface area contributed by atoms with Crippen LogP contribution in [0.25, 0.3) is 0 Å². The molecule has 0 fully saturated rings. The Morgan fingerprint density at radius 2 is 1.86 bits per heavy atom. The van der Waals surface area contributed by atoms with Gasteiger partial charge in [0.2, 0.25) is 5.91 Å². The number of aromatic nitrogens is 1. The lowest BCUT2D eigenvalue weighted by atomic mass is 10.2. The molecule has 2 rings (SSSR count). The summed E-state index contributed by atoms with van der Waals surface area (Å²) >= 11 is 1.37. The molecule has 0 bridgehead atoms. The smallest absolute Gasteiger partial charge is 0.315 e. The van der Waals surface area contributed by atoms with E-state index in [1.807, 2.05) is 30.3 Å². The third kappa shape index (κ3) is 7.48. The second-order valence-electron chi connectivity index (χ2n) is 5.78. The number of ether oxygens (including phenoxy) is 3. The van der Waals surface area contributed by atoms with Gasteiger partial charge >= 0.3 is 5.97 Å². The molecule has 8 heteroatoms. The Bertz CT molecular complexity index is 770. The minimum Gasteiger partial charge on any atom is -0.493 e. The number of nitrogens with one attached hydrogen (secondary N) is 1. The highest BCUT2D eigenvalue weighted by atomic mass is 32.2. The molecule has 1 N–H and O–H groups in total. The van der Waals surface area contributed by atoms with E-state index in [0.717, 1.165) is 11.1 Å². The van der Waals surface area contributed by atoms with Gasteiger partial charge in [0.25, 0.3) is 0 Å². The molecule has 0 spiro atoms. The molecule has 2 aromatic rings. The number of nitrogens with zero attached hydrogens (tertiary/aromatic N) is 1. The summed E-state index contributed by atoms with van der Waals surface area (Å²) in [5, 5.41) is 2.86. The molecule has 1 aromatic heterocycles. The number of carbonyl (C=O) groups is 2. The van der Waals surface area contributed by atoms with Crippen LogP contribution in [0.1, 0.15) is 17.5 Å². The summed E-state index contributed by atoms with van der Waals surface area (Å²) in [5.41, 5.74) is 1.92. The predicted molar refractivity (Wildman–Crippen MR) is 107 cm³/mol. The number of esters is 1. The third-order valence-electron chi connectivity index (χ3n) is 3.78. The van der Waals surface area contributed by atoms with Gasteiger partial charge in [-0.2, -0.15) is 0 Å². The maximum atomic E-state index is 11.9. The Balaban J connectivity index is 1.79. The standard InChI is InChI=1S/C20H24N2O5S/c1-25-18-11-16(12-22-19(23)7-10-28-14-20(24)26-2)3-4-17(18)27-13-15-5-8-21-9-6-15/h3-6,8-9,11H,7,10,12-14H2,1-2H3,(H,22,23). The van der Waals surface area contributed by atoms with Gasteiger partial charge in [-0.05, 0) is 35.4 Å². The number of carbonyl (C=O) groups excluding carboxylic acids is 2. The SMILES string of the molecule is COC(=O)CSCCC(=O)NCc1ccc(OCc2ccncc2)c(OC)c1. The maximum Gasteiger partial charge on any atom is 0.315 e. The van der Waals surface area contributed by atoms with E-state index < -0.39 is 0 Å². The summed E-state index contributed by atoms with van der Waals surface area (Å²) in [6, 6.07) is 9.33. The zero-order chi connectivity index (χ0) is 20.2. The van der Waals surface area contributed by atoms with Crippen LogP contribution in [0, 0.1) is 0 Å². The summed E-state index contributed by atoms with van der Waals surface area (Å²) < 4.78 is 15.8. The number of hydrogen-bond acceptors (Lipinski definition) is 7. The van der Waals surface area contributed by atoms with Crippen molar-refractivity contribution in [3.05, 3.63) is 53.9 Å². The fourth-order valence-electron chi connectivity index (χ4n) is 2.25. The Morgan fingerprint density at radius 1 is 1.07 bits per heavy atom. The number of pyridine rings is 1. The quantitative estimate of drug-likeness (QED) is 0.455. The summed E-state index contributed by atoms with van der Waals surface area (Å²) in [4.78, 5) is 26.9. The van der Waals surface area contributed by atoms with Crippen LogP contribution in [0.3, 0.4) is 0 Å². The van der Waals surface area contributed by atoms with Crippen molar-refractivity contribution in [1.82, 2.24) is 10.3 Å². The van der Waals surface area contributed by atoms with E-state index in [-0.39, 0.29) is 17.6 Å². The molecule has 7 nitrogen and oxygen atoms in total. The van der Waals surface area contributed by atoms with Crippen LogP contribution in [-0.4, -0.2) is 42.6 Å². The Morgan fingerprint density at radius 3 is 2.57 bits per heavy atom. The molecule has 0 atom stereocenters. The molecule has 1 aromatic carbocycles. The van der Waals surface area contributed by atoms with Crippen LogP contribution in [0.4, 0.5) is 0 Å². The average Bonchev–Trinajstić information content (AvgIpc) is 2.74. The van der Waals surface area contributed by atoms with Gasteiger partial charge in [-0.1, -0.05) is 6.07 Å². The van der Waals surface area contributed by atoms with E-state index in [1.54, 1.807) is 19.5 Å². The topological polar surface area (TPSA) is 86.8 Å². The van der Waals surface area contributed by atoms with Gasteiger partial charge in [-0.3, -0.25) is 14.6 Å². The van der Waals surface area contributed by atoms with E-state index in [0.29, 0.717) is 36.8 Å². The first-order valence-electron chi connectivity index (χ1n) is 8.72. The first-order valence-corrected chi connectivity index (χ1v) is 9.87. The fourth-order valence-corrected chi connectivity index (χ4v) is 3.01. The minimum atomic E-state index is -0.288. The van der Waals surface area contributed by atoms with Crippen molar-refractivity contribution in [2.75, 3.05) is 25.7 Å². The lowest BCUT2D eigenvalue weighted by Gasteiger charge is -2.13. The molecule has 0 aliphatic rings. The summed E-state index contributed by atoms with van der Waals surface area (Å²) in [5.74, 6) is 1.69. The highest BCUT2D eigenvalue weighted by Crippen LogP contribution is 2.28. The van der Waals surface area contributed by atoms with Crippen LogP contribution < -0.4 is 14.8 Å². The van der Waals surface area contributed by atoms with Crippen molar-refractivity contribution in [2.24, 2.45) is 0 Å². The van der Waals surface area contributed by atoms with E-state index in [9.17, 15) is 9.59 Å². The molecular weight excluding hydrogens is 380 g/mol. The predicted octanol–water partition coefficient (Wildman–Crippen LogP) is 2.58. The molecule has 1 heterocycles. The van der Waals surface area contributed by atoms with Crippen LogP contribution in [-0.2, 0) is 27.5 Å². The van der Waals surface area contributed by atoms with Gasteiger partial charge in [-0.15, -0.1) is 11.8 Å². The molecule has 150 valence electrons. The van der Waals surface area contributed by atoms with Crippen molar-refractivity contribution < 1.29 is 23.8 Å². The molecule has 0 aliphatic heterocycles. The zero-order valence-corrected chi connectivity index (χ0v) is 16.8. The first kappa shape index (κ1) is 21.6. The monoisotopic (exact) mass is 404 g/mol. The molecule has 28 heavy (non-hydrogen) atoms. The Labute approximate surface area is 168 Å². The largest absolute Gasteiger partial charge is 0.493 e. The number of hydrogen-bond donors (Lipinski definition) is 1. The second-order valence-corrected chi connectivity index (χ2v) is 6.89. The summed E-state index contributed by atoms with van der Waals surface area (Å²) in [6.45, 7) is 0.805. The molecule has 0 saturated carbocycles. The van der Waals surface area contributed by atoms with E-state index in [4.69, 9.17) is 9.47 Å². The lowest BCUT2D eigenvalue weighted by molar-refractivity contribution is -0.137. The summed E-state index contributed by atoms with van der Waals surface area (Å²) in [7, 11) is 2.93. The fraction of sp³-hybridized carbons (Fsp3) is 0.350. The zero-order valence-electron chi connectivity index (χ0n) is 16.0. The highest BCUT2D eigenvalue weighted by molar-refractivity contribution is 7.99. The molecule has 0 aliphatic carbocycles. The van der Waals surface area contributed by atoms with Gasteiger partial charge in [0.05, 0.1) is 20.0 Å². The van der Waals surface area contributed by atoms with Crippen LogP contribution >= 0.6 is 11.8 Å². The molecule has 0 unspecified atom stereocenters. The molecular formula is C20H24N2O5S. The first-order chi connectivity index (χ1) is 13.6. The van der Waals surface area contributed by atoms with Gasteiger partial charge in [0.15, 0.2) is 11.5 Å². The van der Waals surface area contributed by atoms with E-state index >= 15 is 0 Å². The Hall–Kier alpha value is -2.74. The van der Waals surface area contributed by atoms with Crippen LogP contribution in [0.2, 0.25) is 0 Å². The lowest BCUT2D eigenvalue weighted by Crippen LogP contribution is -2.23.